The van der Waals surface area contributed by atoms with Crippen molar-refractivity contribution in [3.63, 3.8) is 0 Å². The lowest BCUT2D eigenvalue weighted by Crippen LogP contribution is -2.65. The van der Waals surface area contributed by atoms with Gasteiger partial charge in [0.15, 0.2) is 6.73 Å². The molecule has 0 radical (unpaired) electrons. The summed E-state index contributed by atoms with van der Waals surface area (Å²) in [6, 6.07) is 0.0665. The second-order valence-electron chi connectivity index (χ2n) is 3.31. The van der Waals surface area contributed by atoms with Gasteiger partial charge >= 0.3 is 5.97 Å². The highest BCUT2D eigenvalue weighted by Gasteiger charge is 2.55. The van der Waals surface area contributed by atoms with Crippen molar-refractivity contribution in [2.75, 3.05) is 13.8 Å². The van der Waals surface area contributed by atoms with Crippen LogP contribution in [0.2, 0.25) is 0 Å². The van der Waals surface area contributed by atoms with Crippen LogP contribution in [0, 0.1) is 5.92 Å². The lowest BCUT2D eigenvalue weighted by atomic mass is 9.76. The van der Waals surface area contributed by atoms with Crippen LogP contribution in [0.1, 0.15) is 6.92 Å². The van der Waals surface area contributed by atoms with Crippen molar-refractivity contribution in [2.45, 2.75) is 13.0 Å². The second kappa shape index (κ2) is 3.01. The SMILES string of the molecule is COC1=C[C@H]2[C@@H]1C(=O)N2COC(C)=O. The summed E-state index contributed by atoms with van der Waals surface area (Å²) in [4.78, 5) is 23.4. The fourth-order valence-corrected chi connectivity index (χ4v) is 1.70. The molecule has 1 fully saturated rings. The van der Waals surface area contributed by atoms with Crippen LogP contribution in [0.5, 0.6) is 0 Å². The predicted octanol–water partition coefficient (Wildman–Crippen LogP) is -0.122. The zero-order valence-electron chi connectivity index (χ0n) is 8.02. The Labute approximate surface area is 81.3 Å². The highest BCUT2D eigenvalue weighted by molar-refractivity contribution is 5.91. The highest BCUT2D eigenvalue weighted by atomic mass is 16.5. The fourth-order valence-electron chi connectivity index (χ4n) is 1.70. The molecule has 14 heavy (non-hydrogen) atoms. The monoisotopic (exact) mass is 197 g/mol. The summed E-state index contributed by atoms with van der Waals surface area (Å²) in [5.41, 5.74) is 0. The van der Waals surface area contributed by atoms with E-state index in [0.717, 1.165) is 5.76 Å². The van der Waals surface area contributed by atoms with Crippen molar-refractivity contribution in [3.8, 4) is 0 Å². The molecular formula is C9H11NO4. The number of carbonyl (C=O) groups excluding carboxylic acids is 2. The average Bonchev–Trinajstić information content (AvgIpc) is 2.09. The molecule has 0 bridgehead atoms. The topological polar surface area (TPSA) is 55.8 Å². The number of rotatable bonds is 3. The lowest BCUT2D eigenvalue weighted by molar-refractivity contribution is -0.171. The second-order valence-corrected chi connectivity index (χ2v) is 3.31. The number of likely N-dealkylation sites (tertiary alicyclic amines) is 1. The molecule has 76 valence electrons. The molecule has 5 nitrogen and oxygen atoms in total. The molecule has 0 saturated carbocycles. The Morgan fingerprint density at radius 2 is 2.36 bits per heavy atom. The average molecular weight is 197 g/mol. The van der Waals surface area contributed by atoms with E-state index in [2.05, 4.69) is 0 Å². The Bertz CT molecular complexity index is 323. The van der Waals surface area contributed by atoms with Crippen molar-refractivity contribution >= 4 is 11.9 Å². The quantitative estimate of drug-likeness (QED) is 0.467. The first-order chi connectivity index (χ1) is 6.65. The summed E-state index contributed by atoms with van der Waals surface area (Å²) in [5.74, 6) is 0.182. The number of carbonyl (C=O) groups is 2. The molecule has 1 aliphatic heterocycles. The van der Waals surface area contributed by atoms with Gasteiger partial charge in [-0.1, -0.05) is 0 Å². The summed E-state index contributed by atoms with van der Waals surface area (Å²) >= 11 is 0. The molecule has 0 aromatic carbocycles. The molecule has 2 rings (SSSR count). The van der Waals surface area contributed by atoms with Crippen LogP contribution in [0.25, 0.3) is 0 Å². The van der Waals surface area contributed by atoms with Crippen LogP contribution in [0.4, 0.5) is 0 Å². The Balaban J connectivity index is 1.91. The molecule has 2 aliphatic rings. The number of nitrogens with zero attached hydrogens (tertiary/aromatic N) is 1. The molecule has 0 aromatic rings. The number of β-lactam (4-membered cyclic amide) rings is 1. The molecule has 1 saturated heterocycles. The van der Waals surface area contributed by atoms with Gasteiger partial charge in [0, 0.05) is 6.92 Å². The number of ether oxygens (including phenoxy) is 2. The Hall–Kier alpha value is -1.52. The number of hydrogen-bond acceptors (Lipinski definition) is 4. The minimum Gasteiger partial charge on any atom is -0.500 e. The van der Waals surface area contributed by atoms with Gasteiger partial charge in [-0.2, -0.15) is 0 Å². The third-order valence-electron chi connectivity index (χ3n) is 2.53. The third-order valence-corrected chi connectivity index (χ3v) is 2.53. The van der Waals surface area contributed by atoms with Crippen molar-refractivity contribution in [1.29, 1.82) is 0 Å². The van der Waals surface area contributed by atoms with Crippen molar-refractivity contribution in [3.05, 3.63) is 11.8 Å². The number of fused-ring (bicyclic) bond motifs is 1. The molecular weight excluding hydrogens is 186 g/mol. The Kier molecular flexibility index (Phi) is 1.94. The predicted molar refractivity (Wildman–Crippen MR) is 45.8 cm³/mol. The van der Waals surface area contributed by atoms with Crippen LogP contribution in [0.15, 0.2) is 11.8 Å². The number of hydrogen-bond donors (Lipinski definition) is 0. The van der Waals surface area contributed by atoms with Crippen molar-refractivity contribution in [1.82, 2.24) is 4.90 Å². The van der Waals surface area contributed by atoms with E-state index in [1.165, 1.54) is 11.8 Å². The maximum absolute atomic E-state index is 11.4. The van der Waals surface area contributed by atoms with Crippen LogP contribution < -0.4 is 0 Å². The third kappa shape index (κ3) is 1.08. The van der Waals surface area contributed by atoms with E-state index in [-0.39, 0.29) is 30.6 Å². The number of esters is 1. The molecule has 1 aliphatic carbocycles. The van der Waals surface area contributed by atoms with E-state index < -0.39 is 0 Å². The van der Waals surface area contributed by atoms with Gasteiger partial charge in [-0.25, -0.2) is 0 Å². The zero-order valence-corrected chi connectivity index (χ0v) is 8.02. The number of methoxy groups -OCH3 is 1. The van der Waals surface area contributed by atoms with E-state index in [1.807, 2.05) is 6.08 Å². The van der Waals surface area contributed by atoms with E-state index in [1.54, 1.807) is 7.11 Å². The van der Waals surface area contributed by atoms with Gasteiger partial charge in [0.25, 0.3) is 0 Å². The largest absolute Gasteiger partial charge is 0.500 e. The summed E-state index contributed by atoms with van der Waals surface area (Å²) < 4.78 is 9.70. The molecule has 0 N–H and O–H groups in total. The van der Waals surface area contributed by atoms with E-state index in [0.29, 0.717) is 0 Å². The van der Waals surface area contributed by atoms with Crippen molar-refractivity contribution in [2.24, 2.45) is 5.92 Å². The highest BCUT2D eigenvalue weighted by Crippen LogP contribution is 2.42. The van der Waals surface area contributed by atoms with Gasteiger partial charge in [0.05, 0.1) is 13.2 Å². The Morgan fingerprint density at radius 1 is 1.64 bits per heavy atom. The smallest absolute Gasteiger partial charge is 0.304 e. The van der Waals surface area contributed by atoms with Gasteiger partial charge < -0.3 is 14.4 Å². The molecule has 2 atom stereocenters. The van der Waals surface area contributed by atoms with Crippen LogP contribution in [-0.4, -0.2) is 36.7 Å². The van der Waals surface area contributed by atoms with Gasteiger partial charge in [-0.3, -0.25) is 9.59 Å². The lowest BCUT2D eigenvalue weighted by Gasteiger charge is -2.50. The van der Waals surface area contributed by atoms with Gasteiger partial charge in [-0.15, -0.1) is 0 Å². The van der Waals surface area contributed by atoms with Crippen LogP contribution >= 0.6 is 0 Å². The van der Waals surface area contributed by atoms with E-state index >= 15 is 0 Å². The summed E-state index contributed by atoms with van der Waals surface area (Å²) in [6.45, 7) is 1.36. The maximum atomic E-state index is 11.4. The summed E-state index contributed by atoms with van der Waals surface area (Å²) in [6.07, 6.45) is 1.86. The molecule has 5 heteroatoms. The van der Waals surface area contributed by atoms with Gasteiger partial charge in [0.2, 0.25) is 5.91 Å². The summed E-state index contributed by atoms with van der Waals surface area (Å²) in [7, 11) is 1.55. The maximum Gasteiger partial charge on any atom is 0.304 e. The van der Waals surface area contributed by atoms with Gasteiger partial charge in [0.1, 0.15) is 11.7 Å². The molecule has 1 amide bonds. The van der Waals surface area contributed by atoms with E-state index in [9.17, 15) is 9.59 Å². The molecule has 0 unspecified atom stereocenters. The molecule has 1 heterocycles. The van der Waals surface area contributed by atoms with Crippen LogP contribution in [0.3, 0.4) is 0 Å². The first-order valence-electron chi connectivity index (χ1n) is 4.34. The minimum atomic E-state index is -0.378. The first kappa shape index (κ1) is 9.05. The normalized spacial score (nSPS) is 28.3. The van der Waals surface area contributed by atoms with Gasteiger partial charge in [-0.05, 0) is 6.08 Å². The summed E-state index contributed by atoms with van der Waals surface area (Å²) in [5, 5.41) is 0. The zero-order chi connectivity index (χ0) is 10.3. The molecule has 0 spiro atoms. The molecule has 0 aromatic heterocycles. The minimum absolute atomic E-state index is 0.0319. The van der Waals surface area contributed by atoms with E-state index in [4.69, 9.17) is 9.47 Å². The first-order valence-corrected chi connectivity index (χ1v) is 4.34. The Morgan fingerprint density at radius 3 is 2.86 bits per heavy atom. The van der Waals surface area contributed by atoms with Crippen LogP contribution in [-0.2, 0) is 19.1 Å². The van der Waals surface area contributed by atoms with Crippen molar-refractivity contribution < 1.29 is 19.1 Å². The number of amides is 1. The standard InChI is InChI=1S/C9H11NO4/c1-5(11)14-4-10-6-3-7(13-2)8(6)9(10)12/h3,6,8H,4H2,1-2H3/t6-,8-/m0/s1. The fraction of sp³-hybridized carbons (Fsp3) is 0.556.